The van der Waals surface area contributed by atoms with Gasteiger partial charge in [0.25, 0.3) is 0 Å². The number of nitrogen functional groups attached to an aromatic ring is 1. The van der Waals surface area contributed by atoms with Gasteiger partial charge in [-0.15, -0.1) is 0 Å². The Morgan fingerprint density at radius 3 is 2.83 bits per heavy atom. The van der Waals surface area contributed by atoms with Gasteiger partial charge in [-0.1, -0.05) is 0 Å². The summed E-state index contributed by atoms with van der Waals surface area (Å²) in [5.41, 5.74) is 8.46. The molecule has 2 aromatic rings. The summed E-state index contributed by atoms with van der Waals surface area (Å²) in [4.78, 5) is 4.32. The second-order valence-corrected chi connectivity index (χ2v) is 4.46. The first-order valence-electron chi connectivity index (χ1n) is 6.20. The van der Waals surface area contributed by atoms with E-state index in [0.717, 1.165) is 28.9 Å². The average Bonchev–Trinajstić information content (AvgIpc) is 2.32. The maximum atomic E-state index is 5.96. The van der Waals surface area contributed by atoms with Gasteiger partial charge in [0, 0.05) is 11.9 Å². The van der Waals surface area contributed by atoms with Crippen molar-refractivity contribution in [3.8, 4) is 5.75 Å². The summed E-state index contributed by atoms with van der Waals surface area (Å²) in [6.45, 7) is 6.87. The average molecular weight is 245 g/mol. The van der Waals surface area contributed by atoms with E-state index in [1.54, 1.807) is 6.20 Å². The van der Waals surface area contributed by atoms with Crippen molar-refractivity contribution in [3.63, 3.8) is 0 Å². The molecule has 0 aliphatic carbocycles. The number of benzene rings is 1. The topological polar surface area (TPSA) is 60.2 Å². The van der Waals surface area contributed by atoms with Gasteiger partial charge in [0.05, 0.1) is 29.2 Å². The molecule has 0 spiro atoms. The number of pyridine rings is 1. The summed E-state index contributed by atoms with van der Waals surface area (Å²) in [5, 5.41) is 4.27. The van der Waals surface area contributed by atoms with E-state index in [1.807, 2.05) is 39.0 Å². The minimum Gasteiger partial charge on any atom is -0.491 e. The SMILES string of the molecule is CCNc1c(N)cnc2ccc(OC(C)C)cc12. The molecule has 96 valence electrons. The Morgan fingerprint density at radius 2 is 2.17 bits per heavy atom. The fourth-order valence-electron chi connectivity index (χ4n) is 1.91. The molecule has 0 aliphatic rings. The van der Waals surface area contributed by atoms with Crippen LogP contribution in [-0.4, -0.2) is 17.6 Å². The van der Waals surface area contributed by atoms with E-state index in [4.69, 9.17) is 10.5 Å². The number of nitrogens with zero attached hydrogens (tertiary/aromatic N) is 1. The number of hydrogen-bond donors (Lipinski definition) is 2. The van der Waals surface area contributed by atoms with Crippen molar-refractivity contribution in [1.82, 2.24) is 4.98 Å². The number of anilines is 2. The Labute approximate surface area is 107 Å². The molecular formula is C14H19N3O. The van der Waals surface area contributed by atoms with Gasteiger partial charge >= 0.3 is 0 Å². The Bertz CT molecular complexity index is 552. The maximum absolute atomic E-state index is 5.96. The van der Waals surface area contributed by atoms with Crippen LogP contribution in [0.5, 0.6) is 5.75 Å². The minimum absolute atomic E-state index is 0.152. The second-order valence-electron chi connectivity index (χ2n) is 4.46. The van der Waals surface area contributed by atoms with Crippen LogP contribution in [0.3, 0.4) is 0 Å². The number of fused-ring (bicyclic) bond motifs is 1. The van der Waals surface area contributed by atoms with Crippen LogP contribution in [0.2, 0.25) is 0 Å². The molecule has 0 fully saturated rings. The van der Waals surface area contributed by atoms with Crippen molar-refractivity contribution >= 4 is 22.3 Å². The van der Waals surface area contributed by atoms with Crippen LogP contribution >= 0.6 is 0 Å². The van der Waals surface area contributed by atoms with Gasteiger partial charge in [-0.3, -0.25) is 4.98 Å². The minimum atomic E-state index is 0.152. The molecular weight excluding hydrogens is 226 g/mol. The van der Waals surface area contributed by atoms with E-state index in [1.165, 1.54) is 0 Å². The maximum Gasteiger partial charge on any atom is 0.120 e. The number of aromatic nitrogens is 1. The lowest BCUT2D eigenvalue weighted by molar-refractivity contribution is 0.243. The number of rotatable bonds is 4. The number of nitrogens with one attached hydrogen (secondary N) is 1. The van der Waals surface area contributed by atoms with E-state index in [2.05, 4.69) is 10.3 Å². The number of hydrogen-bond acceptors (Lipinski definition) is 4. The number of ether oxygens (including phenoxy) is 1. The Morgan fingerprint density at radius 1 is 1.39 bits per heavy atom. The molecule has 18 heavy (non-hydrogen) atoms. The van der Waals surface area contributed by atoms with Crippen LogP contribution < -0.4 is 15.8 Å². The largest absolute Gasteiger partial charge is 0.491 e. The number of nitrogens with two attached hydrogens (primary N) is 1. The molecule has 0 saturated carbocycles. The molecule has 0 amide bonds. The molecule has 0 aliphatic heterocycles. The van der Waals surface area contributed by atoms with Crippen molar-refractivity contribution in [1.29, 1.82) is 0 Å². The van der Waals surface area contributed by atoms with Gasteiger partial charge in [0.15, 0.2) is 0 Å². The third-order valence-corrected chi connectivity index (χ3v) is 2.59. The van der Waals surface area contributed by atoms with E-state index in [0.29, 0.717) is 5.69 Å². The van der Waals surface area contributed by atoms with Crippen LogP contribution in [-0.2, 0) is 0 Å². The van der Waals surface area contributed by atoms with Gasteiger partial charge in [0.2, 0.25) is 0 Å². The molecule has 3 N–H and O–H groups in total. The predicted octanol–water partition coefficient (Wildman–Crippen LogP) is 3.04. The summed E-state index contributed by atoms with van der Waals surface area (Å²) in [6, 6.07) is 5.87. The first-order chi connectivity index (χ1) is 8.61. The molecule has 1 heterocycles. The molecule has 0 bridgehead atoms. The zero-order chi connectivity index (χ0) is 13.1. The van der Waals surface area contributed by atoms with E-state index < -0.39 is 0 Å². The molecule has 0 unspecified atom stereocenters. The van der Waals surface area contributed by atoms with Crippen LogP contribution in [0, 0.1) is 0 Å². The Hall–Kier alpha value is -1.97. The highest BCUT2D eigenvalue weighted by Crippen LogP contribution is 2.30. The van der Waals surface area contributed by atoms with Crippen molar-refractivity contribution in [2.45, 2.75) is 26.9 Å². The summed E-state index contributed by atoms with van der Waals surface area (Å²) in [7, 11) is 0. The van der Waals surface area contributed by atoms with E-state index in [-0.39, 0.29) is 6.10 Å². The molecule has 0 saturated heterocycles. The van der Waals surface area contributed by atoms with Crippen molar-refractivity contribution in [2.24, 2.45) is 0 Å². The Balaban J connectivity index is 2.54. The monoisotopic (exact) mass is 245 g/mol. The van der Waals surface area contributed by atoms with Gasteiger partial charge < -0.3 is 15.8 Å². The van der Waals surface area contributed by atoms with Gasteiger partial charge in [-0.05, 0) is 39.0 Å². The van der Waals surface area contributed by atoms with Crippen LogP contribution in [0.1, 0.15) is 20.8 Å². The lowest BCUT2D eigenvalue weighted by Crippen LogP contribution is -2.06. The van der Waals surface area contributed by atoms with Crippen LogP contribution in [0.4, 0.5) is 11.4 Å². The zero-order valence-electron chi connectivity index (χ0n) is 11.0. The third-order valence-electron chi connectivity index (χ3n) is 2.59. The smallest absolute Gasteiger partial charge is 0.120 e. The highest BCUT2D eigenvalue weighted by Gasteiger charge is 2.08. The van der Waals surface area contributed by atoms with E-state index in [9.17, 15) is 0 Å². The molecule has 1 aromatic heterocycles. The molecule has 0 atom stereocenters. The predicted molar refractivity (Wildman–Crippen MR) is 76.1 cm³/mol. The Kier molecular flexibility index (Phi) is 3.55. The molecule has 1 aromatic carbocycles. The second kappa shape index (κ2) is 5.12. The van der Waals surface area contributed by atoms with Gasteiger partial charge in [-0.25, -0.2) is 0 Å². The first kappa shape index (κ1) is 12.5. The molecule has 4 heteroatoms. The van der Waals surface area contributed by atoms with Crippen LogP contribution in [0.15, 0.2) is 24.4 Å². The van der Waals surface area contributed by atoms with Gasteiger partial charge in [0.1, 0.15) is 5.75 Å². The van der Waals surface area contributed by atoms with E-state index >= 15 is 0 Å². The summed E-state index contributed by atoms with van der Waals surface area (Å²) >= 11 is 0. The van der Waals surface area contributed by atoms with Crippen molar-refractivity contribution in [2.75, 3.05) is 17.6 Å². The quantitative estimate of drug-likeness (QED) is 0.869. The lowest BCUT2D eigenvalue weighted by Gasteiger charge is -2.13. The summed E-state index contributed by atoms with van der Waals surface area (Å²) in [6.07, 6.45) is 1.84. The molecule has 0 radical (unpaired) electrons. The first-order valence-corrected chi connectivity index (χ1v) is 6.20. The summed E-state index contributed by atoms with van der Waals surface area (Å²) in [5.74, 6) is 0.837. The van der Waals surface area contributed by atoms with Gasteiger partial charge in [-0.2, -0.15) is 0 Å². The standard InChI is InChI=1S/C14H19N3O/c1-4-16-14-11-7-10(18-9(2)3)5-6-13(11)17-8-12(14)15/h5-9H,4,15H2,1-3H3,(H,16,17). The highest BCUT2D eigenvalue weighted by molar-refractivity contribution is 5.97. The van der Waals surface area contributed by atoms with Crippen molar-refractivity contribution < 1.29 is 4.74 Å². The zero-order valence-corrected chi connectivity index (χ0v) is 11.0. The van der Waals surface area contributed by atoms with Crippen LogP contribution in [0.25, 0.3) is 10.9 Å². The fraction of sp³-hybridized carbons (Fsp3) is 0.357. The third kappa shape index (κ3) is 2.47. The highest BCUT2D eigenvalue weighted by atomic mass is 16.5. The van der Waals surface area contributed by atoms with Crippen molar-refractivity contribution in [3.05, 3.63) is 24.4 Å². The normalized spacial score (nSPS) is 10.9. The fourth-order valence-corrected chi connectivity index (χ4v) is 1.91. The molecule has 2 rings (SSSR count). The lowest BCUT2D eigenvalue weighted by atomic mass is 10.1. The molecule has 4 nitrogen and oxygen atoms in total. The summed E-state index contributed by atoms with van der Waals surface area (Å²) < 4.78 is 5.70.